The van der Waals surface area contributed by atoms with E-state index in [4.69, 9.17) is 0 Å². The molecule has 3 rings (SSSR count). The first-order chi connectivity index (χ1) is 13.6. The molecule has 1 aromatic heterocycles. The maximum absolute atomic E-state index is 13.0. The van der Waals surface area contributed by atoms with E-state index in [-0.39, 0.29) is 27.2 Å². The number of alkyl halides is 3. The molecule has 0 bridgehead atoms. The number of anilines is 1. The Morgan fingerprint density at radius 2 is 1.93 bits per heavy atom. The van der Waals surface area contributed by atoms with Gasteiger partial charge in [-0.3, -0.25) is 14.9 Å². The molecule has 0 fully saturated rings. The number of aromatic nitrogens is 2. The van der Waals surface area contributed by atoms with Crippen LogP contribution < -0.4 is 5.32 Å². The summed E-state index contributed by atoms with van der Waals surface area (Å²) in [6.45, 7) is 1.62. The van der Waals surface area contributed by atoms with Gasteiger partial charge in [-0.2, -0.15) is 18.3 Å². The van der Waals surface area contributed by atoms with Gasteiger partial charge in [-0.15, -0.1) is 0 Å². The van der Waals surface area contributed by atoms with Gasteiger partial charge in [0.05, 0.1) is 26.3 Å². The number of halogens is 4. The SMILES string of the molecule is Cc1cc(NC(=O)c2ccc(Br)c([N+](=O)[O-])c2)n(-c2cccc(C(F)(F)F)c2)n1. The van der Waals surface area contributed by atoms with Crippen molar-refractivity contribution in [3.8, 4) is 5.69 Å². The average molecular weight is 469 g/mol. The zero-order valence-electron chi connectivity index (χ0n) is 14.7. The van der Waals surface area contributed by atoms with Gasteiger partial charge in [0.2, 0.25) is 0 Å². The highest BCUT2D eigenvalue weighted by molar-refractivity contribution is 9.10. The number of rotatable bonds is 4. The van der Waals surface area contributed by atoms with Crippen LogP contribution >= 0.6 is 15.9 Å². The van der Waals surface area contributed by atoms with Crippen molar-refractivity contribution in [2.24, 2.45) is 0 Å². The number of benzene rings is 2. The molecular formula is C18H12BrF3N4O3. The number of carbonyl (C=O) groups excluding carboxylic acids is 1. The summed E-state index contributed by atoms with van der Waals surface area (Å²) < 4.78 is 40.4. The first-order valence-corrected chi connectivity index (χ1v) is 8.85. The molecule has 7 nitrogen and oxygen atoms in total. The number of nitrogens with zero attached hydrogens (tertiary/aromatic N) is 3. The number of nitro benzene ring substituents is 1. The Morgan fingerprint density at radius 1 is 1.21 bits per heavy atom. The predicted octanol–water partition coefficient (Wildman–Crippen LogP) is 5.12. The van der Waals surface area contributed by atoms with E-state index in [9.17, 15) is 28.1 Å². The number of nitrogens with one attached hydrogen (secondary N) is 1. The van der Waals surface area contributed by atoms with E-state index in [1.807, 2.05) is 0 Å². The summed E-state index contributed by atoms with van der Waals surface area (Å²) in [6.07, 6.45) is -4.53. The minimum Gasteiger partial charge on any atom is -0.306 e. The summed E-state index contributed by atoms with van der Waals surface area (Å²) >= 11 is 3.04. The molecule has 0 aliphatic heterocycles. The highest BCUT2D eigenvalue weighted by atomic mass is 79.9. The Bertz CT molecular complexity index is 1110. The molecule has 0 unspecified atom stereocenters. The summed E-state index contributed by atoms with van der Waals surface area (Å²) in [5.41, 5.74) is -0.581. The number of aryl methyl sites for hydroxylation is 1. The van der Waals surface area contributed by atoms with Crippen molar-refractivity contribution >= 4 is 33.3 Å². The molecule has 1 N–H and O–H groups in total. The van der Waals surface area contributed by atoms with Crippen LogP contribution in [-0.2, 0) is 6.18 Å². The van der Waals surface area contributed by atoms with Gasteiger partial charge >= 0.3 is 6.18 Å². The number of hydrogen-bond donors (Lipinski definition) is 1. The molecule has 0 saturated heterocycles. The second-order valence-electron chi connectivity index (χ2n) is 6.01. The van der Waals surface area contributed by atoms with Gasteiger partial charge < -0.3 is 5.32 Å². The molecule has 0 saturated carbocycles. The molecule has 0 radical (unpaired) electrons. The van der Waals surface area contributed by atoms with Crippen molar-refractivity contribution in [3.05, 3.63) is 79.9 Å². The Kier molecular flexibility index (Phi) is 5.42. The first kappa shape index (κ1) is 20.5. The maximum Gasteiger partial charge on any atom is 0.416 e. The molecule has 2 aromatic carbocycles. The molecule has 1 heterocycles. The molecule has 0 aliphatic carbocycles. The first-order valence-electron chi connectivity index (χ1n) is 8.06. The van der Waals surface area contributed by atoms with Crippen molar-refractivity contribution in [2.75, 3.05) is 5.32 Å². The zero-order chi connectivity index (χ0) is 21.3. The molecular weight excluding hydrogens is 457 g/mol. The lowest BCUT2D eigenvalue weighted by molar-refractivity contribution is -0.385. The van der Waals surface area contributed by atoms with E-state index >= 15 is 0 Å². The third-order valence-corrected chi connectivity index (χ3v) is 4.57. The van der Waals surface area contributed by atoms with Crippen molar-refractivity contribution < 1.29 is 22.9 Å². The van der Waals surface area contributed by atoms with Crippen LogP contribution in [0.5, 0.6) is 0 Å². The number of hydrogen-bond acceptors (Lipinski definition) is 4. The topological polar surface area (TPSA) is 90.1 Å². The van der Waals surface area contributed by atoms with Gasteiger partial charge in [0.25, 0.3) is 11.6 Å². The Hall–Kier alpha value is -3.21. The summed E-state index contributed by atoms with van der Waals surface area (Å²) in [7, 11) is 0. The van der Waals surface area contributed by atoms with Crippen LogP contribution in [0.1, 0.15) is 21.6 Å². The van der Waals surface area contributed by atoms with Crippen molar-refractivity contribution in [3.63, 3.8) is 0 Å². The Balaban J connectivity index is 1.95. The zero-order valence-corrected chi connectivity index (χ0v) is 16.3. The molecule has 11 heteroatoms. The van der Waals surface area contributed by atoms with Gasteiger partial charge in [-0.1, -0.05) is 6.07 Å². The fourth-order valence-corrected chi connectivity index (χ4v) is 2.97. The largest absolute Gasteiger partial charge is 0.416 e. The lowest BCUT2D eigenvalue weighted by Gasteiger charge is -2.12. The second kappa shape index (κ2) is 7.66. The third kappa shape index (κ3) is 4.45. The molecule has 150 valence electrons. The van der Waals surface area contributed by atoms with E-state index in [0.29, 0.717) is 5.69 Å². The molecule has 1 amide bonds. The minimum absolute atomic E-state index is 0.00865. The average Bonchev–Trinajstić information content (AvgIpc) is 3.01. The Morgan fingerprint density at radius 3 is 2.59 bits per heavy atom. The van der Waals surface area contributed by atoms with Crippen LogP contribution in [0, 0.1) is 17.0 Å². The van der Waals surface area contributed by atoms with E-state index in [2.05, 4.69) is 26.3 Å². The van der Waals surface area contributed by atoms with E-state index in [0.717, 1.165) is 22.9 Å². The minimum atomic E-state index is -4.53. The van der Waals surface area contributed by atoms with Gasteiger partial charge in [-0.25, -0.2) is 4.68 Å². The van der Waals surface area contributed by atoms with Crippen molar-refractivity contribution in [1.82, 2.24) is 9.78 Å². The van der Waals surface area contributed by atoms with Gasteiger partial charge in [0.15, 0.2) is 0 Å². The summed E-state index contributed by atoms with van der Waals surface area (Å²) in [5, 5.41) is 17.7. The standard InChI is InChI=1S/C18H12BrF3N4O3/c1-10-7-16(23-17(27)11-5-6-14(19)15(8-11)26(28)29)25(24-10)13-4-2-3-12(9-13)18(20,21)22/h2-9H,1H3,(H,23,27). The van der Waals surface area contributed by atoms with Crippen LogP contribution in [0.3, 0.4) is 0 Å². The lowest BCUT2D eigenvalue weighted by Crippen LogP contribution is -2.15. The fourth-order valence-electron chi connectivity index (χ4n) is 2.58. The normalized spacial score (nSPS) is 11.3. The van der Waals surface area contributed by atoms with Crippen LogP contribution in [0.4, 0.5) is 24.7 Å². The number of nitro groups is 1. The van der Waals surface area contributed by atoms with Crippen LogP contribution in [0.25, 0.3) is 5.69 Å². The Labute approximate surface area is 170 Å². The fraction of sp³-hybridized carbons (Fsp3) is 0.111. The van der Waals surface area contributed by atoms with Crippen molar-refractivity contribution in [1.29, 1.82) is 0 Å². The van der Waals surface area contributed by atoms with Crippen LogP contribution in [0.15, 0.2) is 53.0 Å². The predicted molar refractivity (Wildman–Crippen MR) is 102 cm³/mol. The second-order valence-corrected chi connectivity index (χ2v) is 6.86. The van der Waals surface area contributed by atoms with Crippen molar-refractivity contribution in [2.45, 2.75) is 13.1 Å². The summed E-state index contributed by atoms with van der Waals surface area (Å²) in [4.78, 5) is 23.0. The summed E-state index contributed by atoms with van der Waals surface area (Å²) in [5.74, 6) is -0.550. The van der Waals surface area contributed by atoms with E-state index in [1.165, 1.54) is 30.3 Å². The van der Waals surface area contributed by atoms with Gasteiger partial charge in [0.1, 0.15) is 5.82 Å². The third-order valence-electron chi connectivity index (χ3n) is 3.90. The number of amides is 1. The van der Waals surface area contributed by atoms with E-state index < -0.39 is 22.6 Å². The highest BCUT2D eigenvalue weighted by Crippen LogP contribution is 2.31. The summed E-state index contributed by atoms with van der Waals surface area (Å²) in [6, 6.07) is 9.81. The van der Waals surface area contributed by atoms with Crippen LogP contribution in [0.2, 0.25) is 0 Å². The molecule has 29 heavy (non-hydrogen) atoms. The maximum atomic E-state index is 13.0. The quantitative estimate of drug-likeness (QED) is 0.424. The lowest BCUT2D eigenvalue weighted by atomic mass is 10.2. The molecule has 0 aliphatic rings. The number of carbonyl (C=O) groups is 1. The monoisotopic (exact) mass is 468 g/mol. The van der Waals surface area contributed by atoms with E-state index in [1.54, 1.807) is 6.92 Å². The van der Waals surface area contributed by atoms with Gasteiger partial charge in [-0.05, 0) is 53.2 Å². The molecule has 0 spiro atoms. The van der Waals surface area contributed by atoms with Gasteiger partial charge in [0, 0.05) is 17.7 Å². The smallest absolute Gasteiger partial charge is 0.306 e. The highest BCUT2D eigenvalue weighted by Gasteiger charge is 2.30. The molecule has 3 aromatic rings. The van der Waals surface area contributed by atoms with Crippen LogP contribution in [-0.4, -0.2) is 20.6 Å². The molecule has 0 atom stereocenters.